The Morgan fingerprint density at radius 2 is 1.92 bits per heavy atom. The molecule has 3 heterocycles. The first-order chi connectivity index (χ1) is 11.8. The first-order valence-corrected chi connectivity index (χ1v) is 8.32. The zero-order valence-electron chi connectivity index (χ0n) is 12.2. The maximum absolute atomic E-state index is 14.1. The molecular formula is C13H6F4N6S2. The molecule has 0 radical (unpaired) electrons. The van der Waals surface area contributed by atoms with E-state index in [4.69, 9.17) is 0 Å². The standard InChI is InChI=1S/C13H6F4N6S2/c1-5-9(25-22-18-5)10-19-20-12-23(10)21-11(24-12)7-4-6(13(15,16)17)2-3-8(7)14/h2-4H,1H3. The van der Waals surface area contributed by atoms with Crippen molar-refractivity contribution in [3.05, 3.63) is 35.3 Å². The lowest BCUT2D eigenvalue weighted by molar-refractivity contribution is -0.137. The van der Waals surface area contributed by atoms with Crippen LogP contribution in [-0.4, -0.2) is 29.4 Å². The van der Waals surface area contributed by atoms with E-state index in [1.165, 1.54) is 4.52 Å². The molecule has 0 saturated carbocycles. The average molecular weight is 386 g/mol. The molecule has 0 N–H and O–H groups in total. The van der Waals surface area contributed by atoms with Crippen LogP contribution in [-0.2, 0) is 6.18 Å². The number of aromatic nitrogens is 6. The van der Waals surface area contributed by atoms with Crippen molar-refractivity contribution in [2.24, 2.45) is 0 Å². The Balaban J connectivity index is 1.87. The molecule has 0 spiro atoms. The zero-order chi connectivity index (χ0) is 17.8. The number of hydrogen-bond donors (Lipinski definition) is 0. The lowest BCUT2D eigenvalue weighted by Gasteiger charge is -2.08. The second-order valence-corrected chi connectivity index (χ2v) is 6.72. The van der Waals surface area contributed by atoms with Crippen molar-refractivity contribution in [1.29, 1.82) is 0 Å². The number of fused-ring (bicyclic) bond motifs is 1. The van der Waals surface area contributed by atoms with Crippen molar-refractivity contribution in [2.75, 3.05) is 0 Å². The van der Waals surface area contributed by atoms with Gasteiger partial charge < -0.3 is 0 Å². The summed E-state index contributed by atoms with van der Waals surface area (Å²) < 4.78 is 57.8. The summed E-state index contributed by atoms with van der Waals surface area (Å²) in [5, 5.41) is 16.1. The van der Waals surface area contributed by atoms with Crippen molar-refractivity contribution >= 4 is 27.8 Å². The molecule has 0 aliphatic carbocycles. The number of halogens is 4. The SMILES string of the molecule is Cc1nnsc1-c1nnc2sc(-c3cc(C(F)(F)F)ccc3F)nn12. The van der Waals surface area contributed by atoms with E-state index in [2.05, 4.69) is 24.9 Å². The fraction of sp³-hybridized carbons (Fsp3) is 0.154. The topological polar surface area (TPSA) is 68.9 Å². The van der Waals surface area contributed by atoms with Gasteiger partial charge in [-0.15, -0.1) is 15.3 Å². The first-order valence-electron chi connectivity index (χ1n) is 6.73. The molecule has 0 saturated heterocycles. The largest absolute Gasteiger partial charge is 0.416 e. The summed E-state index contributed by atoms with van der Waals surface area (Å²) in [6.07, 6.45) is -4.57. The molecule has 0 unspecified atom stereocenters. The van der Waals surface area contributed by atoms with E-state index >= 15 is 0 Å². The van der Waals surface area contributed by atoms with Crippen LogP contribution in [0.25, 0.3) is 26.2 Å². The van der Waals surface area contributed by atoms with Crippen LogP contribution in [0.3, 0.4) is 0 Å². The van der Waals surface area contributed by atoms with Gasteiger partial charge in [0.1, 0.15) is 10.7 Å². The van der Waals surface area contributed by atoms with Gasteiger partial charge in [-0.2, -0.15) is 22.8 Å². The molecule has 1 aromatic carbocycles. The summed E-state index contributed by atoms with van der Waals surface area (Å²) in [7, 11) is 0. The molecule has 0 fully saturated rings. The van der Waals surface area contributed by atoms with Crippen LogP contribution in [0.5, 0.6) is 0 Å². The van der Waals surface area contributed by atoms with Crippen molar-refractivity contribution in [2.45, 2.75) is 13.1 Å². The van der Waals surface area contributed by atoms with Crippen molar-refractivity contribution in [1.82, 2.24) is 29.4 Å². The van der Waals surface area contributed by atoms with E-state index in [1.54, 1.807) is 6.92 Å². The third kappa shape index (κ3) is 2.66. The van der Waals surface area contributed by atoms with E-state index in [9.17, 15) is 17.6 Å². The van der Waals surface area contributed by atoms with Gasteiger partial charge in [0.15, 0.2) is 10.8 Å². The van der Waals surface area contributed by atoms with Crippen LogP contribution >= 0.6 is 22.9 Å². The van der Waals surface area contributed by atoms with Gasteiger partial charge in [-0.05, 0) is 36.7 Å². The Morgan fingerprint density at radius 1 is 1.12 bits per heavy atom. The molecule has 25 heavy (non-hydrogen) atoms. The van der Waals surface area contributed by atoms with Crippen molar-refractivity contribution < 1.29 is 17.6 Å². The molecule has 128 valence electrons. The van der Waals surface area contributed by atoms with Crippen LogP contribution in [0.15, 0.2) is 18.2 Å². The maximum Gasteiger partial charge on any atom is 0.416 e. The molecule has 12 heteroatoms. The molecule has 3 aromatic heterocycles. The van der Waals surface area contributed by atoms with Crippen LogP contribution in [0, 0.1) is 12.7 Å². The van der Waals surface area contributed by atoms with Crippen LogP contribution in [0.4, 0.5) is 17.6 Å². The Morgan fingerprint density at radius 3 is 2.60 bits per heavy atom. The first kappa shape index (κ1) is 16.0. The van der Waals surface area contributed by atoms with Gasteiger partial charge >= 0.3 is 6.18 Å². The fourth-order valence-electron chi connectivity index (χ4n) is 2.17. The number of aryl methyl sites for hydroxylation is 1. The van der Waals surface area contributed by atoms with E-state index in [1.807, 2.05) is 0 Å². The number of alkyl halides is 3. The molecule has 0 aliphatic heterocycles. The van der Waals surface area contributed by atoms with Gasteiger partial charge in [-0.3, -0.25) is 0 Å². The van der Waals surface area contributed by atoms with Gasteiger partial charge in [0.05, 0.1) is 11.3 Å². The molecule has 0 atom stereocenters. The van der Waals surface area contributed by atoms with E-state index in [-0.39, 0.29) is 10.6 Å². The number of hydrogen-bond acceptors (Lipinski definition) is 7. The van der Waals surface area contributed by atoms with Crippen molar-refractivity contribution in [3.8, 4) is 21.3 Å². The zero-order valence-corrected chi connectivity index (χ0v) is 13.9. The van der Waals surface area contributed by atoms with Gasteiger partial charge in [0, 0.05) is 5.56 Å². The number of benzene rings is 1. The summed E-state index contributed by atoms with van der Waals surface area (Å²) in [4.78, 5) is 0.962. The van der Waals surface area contributed by atoms with Gasteiger partial charge in [-0.25, -0.2) is 4.39 Å². The van der Waals surface area contributed by atoms with Crippen molar-refractivity contribution in [3.63, 3.8) is 0 Å². The smallest absolute Gasteiger partial charge is 0.206 e. The lowest BCUT2D eigenvalue weighted by Crippen LogP contribution is -2.05. The highest BCUT2D eigenvalue weighted by atomic mass is 32.1. The highest BCUT2D eigenvalue weighted by Gasteiger charge is 2.32. The number of rotatable bonds is 2. The monoisotopic (exact) mass is 386 g/mol. The highest BCUT2D eigenvalue weighted by molar-refractivity contribution is 7.19. The summed E-state index contributed by atoms with van der Waals surface area (Å²) in [6.45, 7) is 1.74. The van der Waals surface area contributed by atoms with Crippen LogP contribution < -0.4 is 0 Å². The molecule has 4 rings (SSSR count). The fourth-order valence-corrected chi connectivity index (χ4v) is 3.65. The molecule has 0 amide bonds. The summed E-state index contributed by atoms with van der Waals surface area (Å²) >= 11 is 2.04. The van der Waals surface area contributed by atoms with E-state index < -0.39 is 17.6 Å². The second kappa shape index (κ2) is 5.52. The second-order valence-electron chi connectivity index (χ2n) is 5.01. The highest BCUT2D eigenvalue weighted by Crippen LogP contribution is 2.35. The summed E-state index contributed by atoms with van der Waals surface area (Å²) in [5.41, 5.74) is -0.563. The Labute approximate surface area is 144 Å². The molecule has 0 bridgehead atoms. The minimum Gasteiger partial charge on any atom is -0.206 e. The third-order valence-corrected chi connectivity index (χ3v) is 5.13. The average Bonchev–Trinajstić information content (AvgIpc) is 3.22. The van der Waals surface area contributed by atoms with E-state index in [0.29, 0.717) is 27.4 Å². The molecular weight excluding hydrogens is 380 g/mol. The minimum absolute atomic E-state index is 0.0740. The van der Waals surface area contributed by atoms with Crippen LogP contribution in [0.1, 0.15) is 11.3 Å². The Hall–Kier alpha value is -2.47. The predicted molar refractivity (Wildman–Crippen MR) is 82.7 cm³/mol. The summed E-state index contributed by atoms with van der Waals surface area (Å²) in [5.74, 6) is -0.437. The predicted octanol–water partition coefficient (Wildman–Crippen LogP) is 3.84. The normalized spacial score (nSPS) is 12.2. The minimum atomic E-state index is -4.57. The maximum atomic E-state index is 14.1. The quantitative estimate of drug-likeness (QED) is 0.490. The van der Waals surface area contributed by atoms with Crippen LogP contribution in [0.2, 0.25) is 0 Å². The van der Waals surface area contributed by atoms with Gasteiger partial charge in [0.2, 0.25) is 4.96 Å². The lowest BCUT2D eigenvalue weighted by atomic mass is 10.1. The third-order valence-electron chi connectivity index (χ3n) is 3.37. The number of nitrogens with zero attached hydrogens (tertiary/aromatic N) is 6. The Kier molecular flexibility index (Phi) is 3.54. The van der Waals surface area contributed by atoms with E-state index in [0.717, 1.165) is 35.0 Å². The van der Waals surface area contributed by atoms with Gasteiger partial charge in [0.25, 0.3) is 0 Å². The Bertz CT molecular complexity index is 1080. The molecule has 0 aliphatic rings. The molecule has 4 aromatic rings. The summed E-state index contributed by atoms with van der Waals surface area (Å²) in [6, 6.07) is 2.20. The van der Waals surface area contributed by atoms with Gasteiger partial charge in [-0.1, -0.05) is 15.8 Å². The molecule has 6 nitrogen and oxygen atoms in total.